The summed E-state index contributed by atoms with van der Waals surface area (Å²) in [4.78, 5) is 22.8. The highest BCUT2D eigenvalue weighted by atomic mass is 16.6. The van der Waals surface area contributed by atoms with Gasteiger partial charge in [0.2, 0.25) is 0 Å². The highest BCUT2D eigenvalue weighted by molar-refractivity contribution is 5.95. The summed E-state index contributed by atoms with van der Waals surface area (Å²) >= 11 is 0. The Morgan fingerprint density at radius 1 is 1.27 bits per heavy atom. The zero-order valence-corrected chi connectivity index (χ0v) is 12.4. The molecule has 0 heterocycles. The van der Waals surface area contributed by atoms with Crippen molar-refractivity contribution in [1.82, 2.24) is 5.32 Å². The molecule has 1 aromatic rings. The molecule has 0 saturated heterocycles. The monoisotopic (exact) mass is 303 g/mol. The Balaban J connectivity index is 1.74. The van der Waals surface area contributed by atoms with Crippen LogP contribution in [0.2, 0.25) is 0 Å². The third kappa shape index (κ3) is 2.97. The molecule has 1 aromatic carbocycles. The van der Waals surface area contributed by atoms with Crippen molar-refractivity contribution in [2.24, 2.45) is 17.6 Å². The number of fused-ring (bicyclic) bond motifs is 2. The summed E-state index contributed by atoms with van der Waals surface area (Å²) in [6.07, 6.45) is 5.31. The Labute approximate surface area is 129 Å². The van der Waals surface area contributed by atoms with Gasteiger partial charge in [0, 0.05) is 29.8 Å². The van der Waals surface area contributed by atoms with E-state index < -0.39 is 4.92 Å². The average Bonchev–Trinajstić information content (AvgIpc) is 2.48. The first kappa shape index (κ1) is 15.0. The molecule has 22 heavy (non-hydrogen) atoms. The van der Waals surface area contributed by atoms with Gasteiger partial charge >= 0.3 is 0 Å². The van der Waals surface area contributed by atoms with Crippen LogP contribution in [0, 0.1) is 22.0 Å². The number of nitrogens with two attached hydrogens (primary N) is 1. The molecule has 6 heteroatoms. The third-order valence-electron chi connectivity index (χ3n) is 4.99. The van der Waals surface area contributed by atoms with Crippen LogP contribution in [0.4, 0.5) is 5.69 Å². The Hall–Kier alpha value is -1.95. The summed E-state index contributed by atoms with van der Waals surface area (Å²) in [6, 6.07) is 6.28. The molecule has 0 spiro atoms. The highest BCUT2D eigenvalue weighted by Gasteiger charge is 2.40. The first-order chi connectivity index (χ1) is 10.5. The predicted octanol–water partition coefficient (Wildman–Crippen LogP) is 2.23. The smallest absolute Gasteiger partial charge is 0.270 e. The lowest BCUT2D eigenvalue weighted by molar-refractivity contribution is -0.384. The molecule has 3 rings (SSSR count). The molecule has 2 saturated carbocycles. The quantitative estimate of drug-likeness (QED) is 0.660. The minimum absolute atomic E-state index is 0.0569. The number of hydrogen-bond donors (Lipinski definition) is 2. The minimum atomic E-state index is -0.481. The second kappa shape index (κ2) is 6.04. The number of nitro groups is 1. The summed E-state index contributed by atoms with van der Waals surface area (Å²) in [5.41, 5.74) is 6.39. The molecule has 2 atom stereocenters. The van der Waals surface area contributed by atoms with Gasteiger partial charge in [-0.05, 0) is 43.6 Å². The molecule has 6 nitrogen and oxygen atoms in total. The summed E-state index contributed by atoms with van der Waals surface area (Å²) < 4.78 is 0. The van der Waals surface area contributed by atoms with E-state index in [-0.39, 0.29) is 23.7 Å². The maximum absolute atomic E-state index is 12.4. The fraction of sp³-hybridized carbons (Fsp3) is 0.562. The predicted molar refractivity (Wildman–Crippen MR) is 82.4 cm³/mol. The van der Waals surface area contributed by atoms with E-state index >= 15 is 0 Å². The van der Waals surface area contributed by atoms with Crippen molar-refractivity contribution in [2.45, 2.75) is 44.2 Å². The maximum atomic E-state index is 12.4. The normalized spacial score (nSPS) is 30.6. The van der Waals surface area contributed by atoms with Crippen LogP contribution in [-0.2, 0) is 0 Å². The van der Waals surface area contributed by atoms with Crippen LogP contribution in [0.15, 0.2) is 24.3 Å². The number of hydrogen-bond acceptors (Lipinski definition) is 4. The van der Waals surface area contributed by atoms with Crippen molar-refractivity contribution >= 4 is 11.6 Å². The van der Waals surface area contributed by atoms with Gasteiger partial charge in [-0.1, -0.05) is 12.5 Å². The first-order valence-corrected chi connectivity index (χ1v) is 7.85. The lowest BCUT2D eigenvalue weighted by Crippen LogP contribution is -2.53. The van der Waals surface area contributed by atoms with Crippen LogP contribution in [0.25, 0.3) is 0 Å². The molecule has 2 aliphatic carbocycles. The lowest BCUT2D eigenvalue weighted by Gasteiger charge is -2.45. The van der Waals surface area contributed by atoms with Gasteiger partial charge < -0.3 is 11.1 Å². The van der Waals surface area contributed by atoms with Crippen molar-refractivity contribution in [1.29, 1.82) is 0 Å². The summed E-state index contributed by atoms with van der Waals surface area (Å²) in [5.74, 6) is 0.649. The van der Waals surface area contributed by atoms with E-state index in [1.54, 1.807) is 12.1 Å². The van der Waals surface area contributed by atoms with E-state index in [0.717, 1.165) is 25.7 Å². The van der Waals surface area contributed by atoms with Crippen molar-refractivity contribution in [2.75, 3.05) is 0 Å². The van der Waals surface area contributed by atoms with E-state index in [9.17, 15) is 14.9 Å². The number of nitrogens with zero attached hydrogens (tertiary/aromatic N) is 1. The van der Waals surface area contributed by atoms with E-state index in [0.29, 0.717) is 17.4 Å². The van der Waals surface area contributed by atoms with Crippen LogP contribution in [0.1, 0.15) is 42.5 Å². The van der Waals surface area contributed by atoms with E-state index in [4.69, 9.17) is 5.73 Å². The molecule has 0 aromatic heterocycles. The molecular formula is C16H21N3O3. The SMILES string of the molecule is NC1CC2CCCC(C1)C2NC(=O)c1cccc([N+](=O)[O-])c1. The van der Waals surface area contributed by atoms with Crippen LogP contribution in [0.3, 0.4) is 0 Å². The number of non-ortho nitro benzene ring substituents is 1. The van der Waals surface area contributed by atoms with Gasteiger partial charge in [0.15, 0.2) is 0 Å². The minimum Gasteiger partial charge on any atom is -0.349 e. The molecule has 2 bridgehead atoms. The van der Waals surface area contributed by atoms with Gasteiger partial charge in [0.1, 0.15) is 0 Å². The summed E-state index contributed by atoms with van der Waals surface area (Å²) in [7, 11) is 0. The zero-order valence-electron chi connectivity index (χ0n) is 12.4. The summed E-state index contributed by atoms with van der Waals surface area (Å²) in [6.45, 7) is 0. The van der Waals surface area contributed by atoms with Crippen LogP contribution < -0.4 is 11.1 Å². The van der Waals surface area contributed by atoms with Gasteiger partial charge in [-0.25, -0.2) is 0 Å². The maximum Gasteiger partial charge on any atom is 0.270 e. The highest BCUT2D eigenvalue weighted by Crippen LogP contribution is 2.39. The first-order valence-electron chi connectivity index (χ1n) is 7.85. The number of amides is 1. The van der Waals surface area contributed by atoms with Crippen molar-refractivity contribution in [3.05, 3.63) is 39.9 Å². The Kier molecular flexibility index (Phi) is 4.11. The third-order valence-corrected chi connectivity index (χ3v) is 4.99. The van der Waals surface area contributed by atoms with E-state index in [2.05, 4.69) is 5.32 Å². The number of carbonyl (C=O) groups excluding carboxylic acids is 1. The molecule has 1 amide bonds. The van der Waals surface area contributed by atoms with E-state index in [1.807, 2.05) is 0 Å². The van der Waals surface area contributed by atoms with Gasteiger partial charge in [-0.15, -0.1) is 0 Å². The van der Waals surface area contributed by atoms with Crippen LogP contribution in [0.5, 0.6) is 0 Å². The standard InChI is InChI=1S/C16H21N3O3/c17-13-7-10-3-1-4-11(8-13)15(10)18-16(20)12-5-2-6-14(9-12)19(21)22/h2,5-6,9-11,13,15H,1,3-4,7-8,17H2,(H,18,20). The second-order valence-electron chi connectivity index (χ2n) is 6.49. The Bertz CT molecular complexity index is 576. The molecule has 3 N–H and O–H groups in total. The molecule has 118 valence electrons. The largest absolute Gasteiger partial charge is 0.349 e. The number of rotatable bonds is 3. The van der Waals surface area contributed by atoms with Crippen LogP contribution >= 0.6 is 0 Å². The molecule has 0 radical (unpaired) electrons. The molecular weight excluding hydrogens is 282 g/mol. The van der Waals surface area contributed by atoms with Crippen LogP contribution in [-0.4, -0.2) is 22.9 Å². The second-order valence-corrected chi connectivity index (χ2v) is 6.49. The van der Waals surface area contributed by atoms with E-state index in [1.165, 1.54) is 18.6 Å². The number of carbonyl (C=O) groups is 1. The topological polar surface area (TPSA) is 98.3 Å². The van der Waals surface area contributed by atoms with Crippen molar-refractivity contribution in [3.63, 3.8) is 0 Å². The zero-order chi connectivity index (χ0) is 15.7. The van der Waals surface area contributed by atoms with Crippen molar-refractivity contribution < 1.29 is 9.72 Å². The van der Waals surface area contributed by atoms with Gasteiger partial charge in [-0.2, -0.15) is 0 Å². The van der Waals surface area contributed by atoms with Crippen molar-refractivity contribution in [3.8, 4) is 0 Å². The summed E-state index contributed by atoms with van der Waals surface area (Å²) in [5, 5.41) is 13.9. The van der Waals surface area contributed by atoms with Gasteiger partial charge in [0.25, 0.3) is 11.6 Å². The Morgan fingerprint density at radius 2 is 1.95 bits per heavy atom. The number of nitrogens with one attached hydrogen (secondary N) is 1. The average molecular weight is 303 g/mol. The molecule has 0 aliphatic heterocycles. The lowest BCUT2D eigenvalue weighted by atomic mass is 9.67. The number of benzene rings is 1. The Morgan fingerprint density at radius 3 is 2.59 bits per heavy atom. The molecule has 2 aliphatic rings. The van der Waals surface area contributed by atoms with Gasteiger partial charge in [0.05, 0.1) is 4.92 Å². The van der Waals surface area contributed by atoms with Gasteiger partial charge in [-0.3, -0.25) is 14.9 Å². The fourth-order valence-corrected chi connectivity index (χ4v) is 4.02. The molecule has 2 unspecified atom stereocenters. The molecule has 2 fully saturated rings. The number of nitro benzene ring substituents is 1. The fourth-order valence-electron chi connectivity index (χ4n) is 4.02.